The van der Waals surface area contributed by atoms with Gasteiger partial charge in [-0.3, -0.25) is 4.90 Å². The first-order chi connectivity index (χ1) is 8.10. The number of hydrogen-bond donors (Lipinski definition) is 1. The minimum Gasteiger partial charge on any atom is -0.391 e. The number of rotatable bonds is 6. The van der Waals surface area contributed by atoms with Gasteiger partial charge in [-0.15, -0.1) is 0 Å². The van der Waals surface area contributed by atoms with E-state index in [9.17, 15) is 5.11 Å². The second-order valence-electron chi connectivity index (χ2n) is 5.59. The maximum atomic E-state index is 10.2. The number of hydrogen-bond acceptors (Lipinski definition) is 3. The molecule has 0 bridgehead atoms. The van der Waals surface area contributed by atoms with Gasteiger partial charge in [-0.25, -0.2) is 0 Å². The van der Waals surface area contributed by atoms with E-state index in [1.165, 1.54) is 12.8 Å². The number of aliphatic hydroxyl groups is 1. The van der Waals surface area contributed by atoms with E-state index in [0.29, 0.717) is 12.1 Å². The zero-order valence-electron chi connectivity index (χ0n) is 12.0. The Morgan fingerprint density at radius 3 is 2.59 bits per heavy atom. The van der Waals surface area contributed by atoms with Crippen LogP contribution in [0.15, 0.2) is 0 Å². The highest BCUT2D eigenvalue weighted by atomic mass is 16.3. The van der Waals surface area contributed by atoms with Gasteiger partial charge in [0.15, 0.2) is 0 Å². The van der Waals surface area contributed by atoms with Crippen LogP contribution in [0.25, 0.3) is 0 Å². The third kappa shape index (κ3) is 4.23. The minimum absolute atomic E-state index is 0.147. The fourth-order valence-corrected chi connectivity index (χ4v) is 2.97. The Kier molecular flexibility index (Phi) is 6.45. The molecule has 0 aromatic heterocycles. The SMILES string of the molecule is CCCC(O)C(CC)N1CCCC(N(C)C)C1. The number of likely N-dealkylation sites (N-methyl/N-ethyl adjacent to an activating group) is 1. The van der Waals surface area contributed by atoms with Crippen LogP contribution >= 0.6 is 0 Å². The molecule has 3 unspecified atom stereocenters. The number of nitrogens with zero attached hydrogens (tertiary/aromatic N) is 2. The Morgan fingerprint density at radius 2 is 2.06 bits per heavy atom. The first-order valence-corrected chi connectivity index (χ1v) is 7.18. The third-order valence-electron chi connectivity index (χ3n) is 4.07. The molecule has 1 fully saturated rings. The van der Waals surface area contributed by atoms with Gasteiger partial charge < -0.3 is 10.0 Å². The lowest BCUT2D eigenvalue weighted by atomic mass is 9.97. The molecule has 1 saturated heterocycles. The average Bonchev–Trinajstić information content (AvgIpc) is 2.30. The van der Waals surface area contributed by atoms with Crippen molar-refractivity contribution in [3.05, 3.63) is 0 Å². The van der Waals surface area contributed by atoms with Crippen LogP contribution in [0.3, 0.4) is 0 Å². The molecule has 0 amide bonds. The molecule has 1 aliphatic rings. The molecule has 1 heterocycles. The molecule has 0 saturated carbocycles. The van der Waals surface area contributed by atoms with E-state index in [0.717, 1.165) is 32.4 Å². The molecular formula is C14H30N2O. The number of piperidine rings is 1. The lowest BCUT2D eigenvalue weighted by molar-refractivity contribution is 0.0120. The molecule has 1 aliphatic heterocycles. The van der Waals surface area contributed by atoms with Crippen LogP contribution in [-0.4, -0.2) is 60.3 Å². The summed E-state index contributed by atoms with van der Waals surface area (Å²) in [7, 11) is 4.33. The Labute approximate surface area is 107 Å². The third-order valence-corrected chi connectivity index (χ3v) is 4.07. The van der Waals surface area contributed by atoms with E-state index >= 15 is 0 Å². The minimum atomic E-state index is -0.147. The molecule has 3 heteroatoms. The maximum Gasteiger partial charge on any atom is 0.0695 e. The molecular weight excluding hydrogens is 212 g/mol. The van der Waals surface area contributed by atoms with Crippen molar-refractivity contribution in [2.75, 3.05) is 27.2 Å². The Bertz CT molecular complexity index is 208. The second kappa shape index (κ2) is 7.34. The smallest absolute Gasteiger partial charge is 0.0695 e. The fourth-order valence-electron chi connectivity index (χ4n) is 2.97. The van der Waals surface area contributed by atoms with Gasteiger partial charge in [-0.2, -0.15) is 0 Å². The molecule has 1 N–H and O–H groups in total. The van der Waals surface area contributed by atoms with Crippen LogP contribution in [0.5, 0.6) is 0 Å². The Balaban J connectivity index is 2.55. The van der Waals surface area contributed by atoms with Gasteiger partial charge in [0.25, 0.3) is 0 Å². The van der Waals surface area contributed by atoms with Gasteiger partial charge >= 0.3 is 0 Å². The summed E-state index contributed by atoms with van der Waals surface area (Å²) < 4.78 is 0. The van der Waals surface area contributed by atoms with Gasteiger partial charge in [0.1, 0.15) is 0 Å². The summed E-state index contributed by atoms with van der Waals surface area (Å²) in [5, 5.41) is 10.2. The summed E-state index contributed by atoms with van der Waals surface area (Å²) >= 11 is 0. The first kappa shape index (κ1) is 14.9. The topological polar surface area (TPSA) is 26.7 Å². The van der Waals surface area contributed by atoms with E-state index in [1.54, 1.807) is 0 Å². The van der Waals surface area contributed by atoms with Crippen LogP contribution < -0.4 is 0 Å². The predicted molar refractivity (Wildman–Crippen MR) is 73.3 cm³/mol. The summed E-state index contributed by atoms with van der Waals surface area (Å²) in [6.45, 7) is 6.62. The zero-order chi connectivity index (χ0) is 12.8. The summed E-state index contributed by atoms with van der Waals surface area (Å²) in [5.74, 6) is 0. The van der Waals surface area contributed by atoms with Crippen LogP contribution in [0, 0.1) is 0 Å². The van der Waals surface area contributed by atoms with E-state index in [-0.39, 0.29) is 6.10 Å². The van der Waals surface area contributed by atoms with E-state index < -0.39 is 0 Å². The van der Waals surface area contributed by atoms with Gasteiger partial charge in [-0.1, -0.05) is 20.3 Å². The van der Waals surface area contributed by atoms with Crippen molar-refractivity contribution in [3.8, 4) is 0 Å². The van der Waals surface area contributed by atoms with Crippen molar-refractivity contribution in [3.63, 3.8) is 0 Å². The van der Waals surface area contributed by atoms with Crippen molar-refractivity contribution in [2.24, 2.45) is 0 Å². The molecule has 0 aromatic carbocycles. The van der Waals surface area contributed by atoms with Crippen LogP contribution in [0.1, 0.15) is 46.0 Å². The van der Waals surface area contributed by atoms with Gasteiger partial charge in [0, 0.05) is 18.6 Å². The van der Waals surface area contributed by atoms with Crippen molar-refractivity contribution >= 4 is 0 Å². The second-order valence-corrected chi connectivity index (χ2v) is 5.59. The highest BCUT2D eigenvalue weighted by Gasteiger charge is 2.29. The molecule has 3 nitrogen and oxygen atoms in total. The standard InChI is InChI=1S/C14H30N2O/c1-5-8-14(17)13(6-2)16-10-7-9-12(11-16)15(3)4/h12-14,17H,5-11H2,1-4H3. The molecule has 0 radical (unpaired) electrons. The number of aliphatic hydroxyl groups excluding tert-OH is 1. The normalized spacial score (nSPS) is 26.1. The van der Waals surface area contributed by atoms with E-state index in [4.69, 9.17) is 0 Å². The molecule has 0 aliphatic carbocycles. The van der Waals surface area contributed by atoms with Gasteiger partial charge in [0.05, 0.1) is 6.10 Å². The van der Waals surface area contributed by atoms with Crippen LogP contribution in [0.2, 0.25) is 0 Å². The lowest BCUT2D eigenvalue weighted by Gasteiger charge is -2.42. The van der Waals surface area contributed by atoms with Crippen molar-refractivity contribution in [1.29, 1.82) is 0 Å². The molecule has 0 aromatic rings. The highest BCUT2D eigenvalue weighted by molar-refractivity contribution is 4.85. The summed E-state index contributed by atoms with van der Waals surface area (Å²) in [4.78, 5) is 4.83. The predicted octanol–water partition coefficient (Wildman–Crippen LogP) is 1.95. The summed E-state index contributed by atoms with van der Waals surface area (Å²) in [5.41, 5.74) is 0. The molecule has 3 atom stereocenters. The summed E-state index contributed by atoms with van der Waals surface area (Å²) in [6.07, 6.45) is 5.47. The van der Waals surface area contributed by atoms with E-state index in [1.807, 2.05) is 0 Å². The van der Waals surface area contributed by atoms with Gasteiger partial charge in [0.2, 0.25) is 0 Å². The van der Waals surface area contributed by atoms with Crippen molar-refractivity contribution in [2.45, 2.75) is 64.1 Å². The highest BCUT2D eigenvalue weighted by Crippen LogP contribution is 2.21. The largest absolute Gasteiger partial charge is 0.391 e. The quantitative estimate of drug-likeness (QED) is 0.771. The first-order valence-electron chi connectivity index (χ1n) is 7.18. The number of likely N-dealkylation sites (tertiary alicyclic amines) is 1. The van der Waals surface area contributed by atoms with E-state index in [2.05, 4.69) is 37.7 Å². The average molecular weight is 242 g/mol. The monoisotopic (exact) mass is 242 g/mol. The van der Waals surface area contributed by atoms with Crippen LogP contribution in [0.4, 0.5) is 0 Å². The molecule has 102 valence electrons. The molecule has 1 rings (SSSR count). The fraction of sp³-hybridized carbons (Fsp3) is 1.00. The molecule has 17 heavy (non-hydrogen) atoms. The Morgan fingerprint density at radius 1 is 1.35 bits per heavy atom. The Hall–Kier alpha value is -0.120. The van der Waals surface area contributed by atoms with Crippen LogP contribution in [-0.2, 0) is 0 Å². The van der Waals surface area contributed by atoms with Crippen molar-refractivity contribution in [1.82, 2.24) is 9.80 Å². The maximum absolute atomic E-state index is 10.2. The van der Waals surface area contributed by atoms with Crippen molar-refractivity contribution < 1.29 is 5.11 Å². The lowest BCUT2D eigenvalue weighted by Crippen LogP contribution is -2.52. The van der Waals surface area contributed by atoms with Gasteiger partial charge in [-0.05, 0) is 46.3 Å². The molecule has 0 spiro atoms. The zero-order valence-corrected chi connectivity index (χ0v) is 12.0. The summed E-state index contributed by atoms with van der Waals surface area (Å²) in [6, 6.07) is 1.02.